The highest BCUT2D eigenvalue weighted by molar-refractivity contribution is 7.07. The minimum atomic E-state index is -0.304. The SMILES string of the molecule is CCc1ccc(C(=O)NNC(=O)CCc2ccsc2)cc1. The lowest BCUT2D eigenvalue weighted by molar-refractivity contribution is -0.121. The highest BCUT2D eigenvalue weighted by Gasteiger charge is 2.07. The summed E-state index contributed by atoms with van der Waals surface area (Å²) in [6.45, 7) is 2.06. The van der Waals surface area contributed by atoms with Gasteiger partial charge in [0.15, 0.2) is 0 Å². The Morgan fingerprint density at radius 2 is 1.81 bits per heavy atom. The van der Waals surface area contributed by atoms with Gasteiger partial charge in [0.1, 0.15) is 0 Å². The molecule has 0 spiro atoms. The lowest BCUT2D eigenvalue weighted by atomic mass is 10.1. The van der Waals surface area contributed by atoms with Crippen molar-refractivity contribution in [1.29, 1.82) is 0 Å². The van der Waals surface area contributed by atoms with Crippen molar-refractivity contribution in [3.63, 3.8) is 0 Å². The minimum absolute atomic E-state index is 0.195. The number of nitrogens with one attached hydrogen (secondary N) is 2. The maximum Gasteiger partial charge on any atom is 0.269 e. The van der Waals surface area contributed by atoms with Gasteiger partial charge in [0.05, 0.1) is 0 Å². The fourth-order valence-corrected chi connectivity index (χ4v) is 2.55. The number of amides is 2. The number of hydrazine groups is 1. The van der Waals surface area contributed by atoms with Gasteiger partial charge in [-0.1, -0.05) is 19.1 Å². The Kier molecular flexibility index (Phi) is 5.51. The Balaban J connectivity index is 1.76. The van der Waals surface area contributed by atoms with E-state index < -0.39 is 0 Å². The van der Waals surface area contributed by atoms with Crippen LogP contribution in [0.2, 0.25) is 0 Å². The topological polar surface area (TPSA) is 58.2 Å². The molecule has 0 saturated carbocycles. The van der Waals surface area contributed by atoms with Gasteiger partial charge in [-0.2, -0.15) is 11.3 Å². The summed E-state index contributed by atoms with van der Waals surface area (Å²) in [5.41, 5.74) is 7.71. The quantitative estimate of drug-likeness (QED) is 0.834. The van der Waals surface area contributed by atoms with E-state index in [0.717, 1.165) is 12.0 Å². The summed E-state index contributed by atoms with van der Waals surface area (Å²) in [5.74, 6) is -0.499. The van der Waals surface area contributed by atoms with E-state index in [-0.39, 0.29) is 11.8 Å². The fourth-order valence-electron chi connectivity index (χ4n) is 1.85. The molecule has 5 heteroatoms. The van der Waals surface area contributed by atoms with E-state index in [1.54, 1.807) is 23.5 Å². The molecule has 0 atom stereocenters. The average Bonchev–Trinajstić information content (AvgIpc) is 3.04. The molecule has 0 bridgehead atoms. The summed E-state index contributed by atoms with van der Waals surface area (Å²) in [7, 11) is 0. The third kappa shape index (κ3) is 4.72. The van der Waals surface area contributed by atoms with Crippen molar-refractivity contribution in [2.45, 2.75) is 26.2 Å². The average molecular weight is 302 g/mol. The van der Waals surface area contributed by atoms with Crippen molar-refractivity contribution in [2.24, 2.45) is 0 Å². The van der Waals surface area contributed by atoms with Gasteiger partial charge in [-0.25, -0.2) is 0 Å². The first-order valence-corrected chi connectivity index (χ1v) is 7.82. The molecule has 4 nitrogen and oxygen atoms in total. The van der Waals surface area contributed by atoms with E-state index in [4.69, 9.17) is 0 Å². The predicted molar refractivity (Wildman–Crippen MR) is 84.1 cm³/mol. The van der Waals surface area contributed by atoms with Gasteiger partial charge in [0.2, 0.25) is 5.91 Å². The van der Waals surface area contributed by atoms with Gasteiger partial charge in [0.25, 0.3) is 5.91 Å². The molecule has 2 N–H and O–H groups in total. The van der Waals surface area contributed by atoms with Crippen LogP contribution in [0, 0.1) is 0 Å². The highest BCUT2D eigenvalue weighted by Crippen LogP contribution is 2.08. The molecule has 110 valence electrons. The van der Waals surface area contributed by atoms with E-state index in [1.807, 2.05) is 29.0 Å². The minimum Gasteiger partial charge on any atom is -0.273 e. The second-order valence-electron chi connectivity index (χ2n) is 4.68. The van der Waals surface area contributed by atoms with E-state index in [2.05, 4.69) is 17.8 Å². The number of benzene rings is 1. The van der Waals surface area contributed by atoms with Crippen molar-refractivity contribution in [2.75, 3.05) is 0 Å². The lowest BCUT2D eigenvalue weighted by Gasteiger charge is -2.07. The van der Waals surface area contributed by atoms with E-state index in [1.165, 1.54) is 5.56 Å². The number of hydrogen-bond acceptors (Lipinski definition) is 3. The molecule has 0 aliphatic heterocycles. The molecule has 0 aliphatic carbocycles. The van der Waals surface area contributed by atoms with Gasteiger partial charge in [-0.15, -0.1) is 0 Å². The standard InChI is InChI=1S/C16H18N2O2S/c1-2-12-3-6-14(7-4-12)16(20)18-17-15(19)8-5-13-9-10-21-11-13/h3-4,6-7,9-11H,2,5,8H2,1H3,(H,17,19)(H,18,20). The number of aryl methyl sites for hydroxylation is 2. The predicted octanol–water partition coefficient (Wildman–Crippen LogP) is 2.70. The molecule has 2 amide bonds. The number of rotatable bonds is 5. The van der Waals surface area contributed by atoms with Crippen molar-refractivity contribution in [1.82, 2.24) is 10.9 Å². The lowest BCUT2D eigenvalue weighted by Crippen LogP contribution is -2.41. The van der Waals surface area contributed by atoms with Crippen molar-refractivity contribution < 1.29 is 9.59 Å². The van der Waals surface area contributed by atoms with Crippen LogP contribution in [-0.4, -0.2) is 11.8 Å². The first kappa shape index (κ1) is 15.3. The normalized spacial score (nSPS) is 10.1. The van der Waals surface area contributed by atoms with Crippen molar-refractivity contribution in [3.05, 3.63) is 57.8 Å². The molecule has 2 rings (SSSR count). The molecule has 21 heavy (non-hydrogen) atoms. The van der Waals surface area contributed by atoms with E-state index >= 15 is 0 Å². The Bertz CT molecular complexity index is 591. The van der Waals surface area contributed by atoms with Crippen LogP contribution in [0.4, 0.5) is 0 Å². The van der Waals surface area contributed by atoms with Gasteiger partial charge in [-0.05, 0) is 52.9 Å². The van der Waals surface area contributed by atoms with Gasteiger partial charge >= 0.3 is 0 Å². The summed E-state index contributed by atoms with van der Waals surface area (Å²) < 4.78 is 0. The second-order valence-corrected chi connectivity index (χ2v) is 5.46. The van der Waals surface area contributed by atoms with Crippen LogP contribution in [0.3, 0.4) is 0 Å². The third-order valence-electron chi connectivity index (χ3n) is 3.16. The molecule has 0 unspecified atom stereocenters. The smallest absolute Gasteiger partial charge is 0.269 e. The summed E-state index contributed by atoms with van der Waals surface area (Å²) in [6, 6.07) is 9.32. The molecule has 1 aromatic carbocycles. The Hall–Kier alpha value is -2.14. The van der Waals surface area contributed by atoms with Gasteiger partial charge < -0.3 is 0 Å². The zero-order chi connectivity index (χ0) is 15.1. The van der Waals surface area contributed by atoms with Gasteiger partial charge in [-0.3, -0.25) is 20.4 Å². The molecule has 0 aliphatic rings. The first-order valence-electron chi connectivity index (χ1n) is 6.88. The van der Waals surface area contributed by atoms with Crippen molar-refractivity contribution in [3.8, 4) is 0 Å². The highest BCUT2D eigenvalue weighted by atomic mass is 32.1. The summed E-state index contributed by atoms with van der Waals surface area (Å²) in [6.07, 6.45) is 1.96. The second kappa shape index (κ2) is 7.59. The zero-order valence-electron chi connectivity index (χ0n) is 11.9. The van der Waals surface area contributed by atoms with Crippen LogP contribution >= 0.6 is 11.3 Å². The number of carbonyl (C=O) groups excluding carboxylic acids is 2. The molecular weight excluding hydrogens is 284 g/mol. The maximum absolute atomic E-state index is 11.9. The molecular formula is C16H18N2O2S. The number of thiophene rings is 1. The molecule has 1 aromatic heterocycles. The Morgan fingerprint density at radius 3 is 2.43 bits per heavy atom. The summed E-state index contributed by atoms with van der Waals surface area (Å²) >= 11 is 1.61. The molecule has 0 radical (unpaired) electrons. The summed E-state index contributed by atoms with van der Waals surface area (Å²) in [4.78, 5) is 23.5. The van der Waals surface area contributed by atoms with E-state index in [9.17, 15) is 9.59 Å². The van der Waals surface area contributed by atoms with Crippen LogP contribution in [0.1, 0.15) is 34.8 Å². The summed E-state index contributed by atoms with van der Waals surface area (Å²) in [5, 5.41) is 4.00. The molecule has 1 heterocycles. The first-order chi connectivity index (χ1) is 10.2. The van der Waals surface area contributed by atoms with Crippen LogP contribution in [0.5, 0.6) is 0 Å². The van der Waals surface area contributed by atoms with Gasteiger partial charge in [0, 0.05) is 12.0 Å². The monoisotopic (exact) mass is 302 g/mol. The molecule has 0 saturated heterocycles. The molecule has 0 fully saturated rings. The zero-order valence-corrected chi connectivity index (χ0v) is 12.7. The van der Waals surface area contributed by atoms with Crippen LogP contribution in [0.15, 0.2) is 41.1 Å². The molecule has 2 aromatic rings. The van der Waals surface area contributed by atoms with E-state index in [0.29, 0.717) is 18.4 Å². The number of hydrogen-bond donors (Lipinski definition) is 2. The fraction of sp³-hybridized carbons (Fsp3) is 0.250. The van der Waals surface area contributed by atoms with Crippen molar-refractivity contribution >= 4 is 23.2 Å². The Labute approximate surface area is 128 Å². The maximum atomic E-state index is 11.9. The Morgan fingerprint density at radius 1 is 1.05 bits per heavy atom. The van der Waals surface area contributed by atoms with Crippen LogP contribution in [0.25, 0.3) is 0 Å². The van der Waals surface area contributed by atoms with Crippen LogP contribution in [-0.2, 0) is 17.6 Å². The number of carbonyl (C=O) groups is 2. The largest absolute Gasteiger partial charge is 0.273 e. The third-order valence-corrected chi connectivity index (χ3v) is 3.89. The van der Waals surface area contributed by atoms with Crippen LogP contribution < -0.4 is 10.9 Å².